The van der Waals surface area contributed by atoms with E-state index >= 15 is 0 Å². The van der Waals surface area contributed by atoms with Crippen molar-refractivity contribution in [1.82, 2.24) is 0 Å². The minimum atomic E-state index is -2.51. The topological polar surface area (TPSA) is 36.1 Å². The summed E-state index contributed by atoms with van der Waals surface area (Å²) < 4.78 is 24.5. The Morgan fingerprint density at radius 3 is 2.61 bits per heavy atom. The van der Waals surface area contributed by atoms with Crippen molar-refractivity contribution in [1.29, 1.82) is 5.26 Å². The number of alkyl halides is 2. The maximum Gasteiger partial charge on any atom is 0.242 e. The number of aliphatic imine (C=N–C) groups is 1. The highest BCUT2D eigenvalue weighted by atomic mass is 19.3. The molecule has 0 saturated heterocycles. The molecule has 18 heavy (non-hydrogen) atoms. The molecule has 0 aliphatic rings. The van der Waals surface area contributed by atoms with Gasteiger partial charge in [0.15, 0.2) is 0 Å². The van der Waals surface area contributed by atoms with Crippen LogP contribution in [0.4, 0.5) is 8.78 Å². The summed E-state index contributed by atoms with van der Waals surface area (Å²) in [6.45, 7) is 1.43. The summed E-state index contributed by atoms with van der Waals surface area (Å²) in [5.74, 6) is 0. The van der Waals surface area contributed by atoms with Gasteiger partial charge in [-0.3, -0.25) is 4.99 Å². The quantitative estimate of drug-likeness (QED) is 0.710. The summed E-state index contributed by atoms with van der Waals surface area (Å²) in [6, 6.07) is 11.7. The predicted molar refractivity (Wildman–Crippen MR) is 67.9 cm³/mol. The number of hydrogen-bond acceptors (Lipinski definition) is 2. The number of halogens is 2. The fraction of sp³-hybridized carbons (Fsp3) is 0.429. The lowest BCUT2D eigenvalue weighted by Crippen LogP contribution is -2.23. The van der Waals surface area contributed by atoms with E-state index in [0.29, 0.717) is 6.42 Å². The summed E-state index contributed by atoms with van der Waals surface area (Å²) in [5.41, 5.74) is -0.151. The third-order valence-electron chi connectivity index (χ3n) is 2.57. The number of rotatable bonds is 6. The van der Waals surface area contributed by atoms with Crippen molar-refractivity contribution >= 4 is 6.21 Å². The molecule has 96 valence electrons. The molecule has 0 fully saturated rings. The van der Waals surface area contributed by atoms with E-state index in [1.165, 1.54) is 6.92 Å². The van der Waals surface area contributed by atoms with E-state index in [9.17, 15) is 8.78 Å². The average molecular weight is 250 g/mol. The van der Waals surface area contributed by atoms with Crippen LogP contribution in [0, 0.1) is 11.3 Å². The van der Waals surface area contributed by atoms with Crippen molar-refractivity contribution in [2.45, 2.75) is 38.2 Å². The normalized spacial score (nSPS) is 14.6. The SMILES string of the molecule is CC(C#N)(CC(F)F)/N=C/CCc1ccccc1. The lowest BCUT2D eigenvalue weighted by Gasteiger charge is -2.15. The molecule has 0 N–H and O–H groups in total. The van der Waals surface area contributed by atoms with Crippen molar-refractivity contribution in [3.63, 3.8) is 0 Å². The van der Waals surface area contributed by atoms with Crippen LogP contribution in [0.3, 0.4) is 0 Å². The monoisotopic (exact) mass is 250 g/mol. The van der Waals surface area contributed by atoms with Gasteiger partial charge < -0.3 is 0 Å². The van der Waals surface area contributed by atoms with Crippen LogP contribution < -0.4 is 0 Å². The Morgan fingerprint density at radius 2 is 2.06 bits per heavy atom. The average Bonchev–Trinajstić information content (AvgIpc) is 2.35. The minimum absolute atomic E-state index is 0.522. The molecule has 0 spiro atoms. The Labute approximate surface area is 106 Å². The Morgan fingerprint density at radius 1 is 1.39 bits per heavy atom. The second kappa shape index (κ2) is 6.85. The summed E-state index contributed by atoms with van der Waals surface area (Å²) in [5, 5.41) is 8.85. The summed E-state index contributed by atoms with van der Waals surface area (Å²) in [6.07, 6.45) is -0.0319. The number of nitriles is 1. The van der Waals surface area contributed by atoms with Crippen LogP contribution in [0.1, 0.15) is 25.3 Å². The third-order valence-corrected chi connectivity index (χ3v) is 2.57. The summed E-state index contributed by atoms with van der Waals surface area (Å²) in [4.78, 5) is 3.96. The van der Waals surface area contributed by atoms with Gasteiger partial charge >= 0.3 is 0 Å². The minimum Gasteiger partial charge on any atom is -0.276 e. The first-order valence-corrected chi connectivity index (χ1v) is 5.83. The van der Waals surface area contributed by atoms with Gasteiger partial charge in [0.25, 0.3) is 0 Å². The van der Waals surface area contributed by atoms with Crippen LogP contribution in [0.2, 0.25) is 0 Å². The van der Waals surface area contributed by atoms with E-state index in [1.54, 1.807) is 6.21 Å². The van der Waals surface area contributed by atoms with Crippen molar-refractivity contribution in [3.05, 3.63) is 35.9 Å². The number of nitrogens with zero attached hydrogens (tertiary/aromatic N) is 2. The Hall–Kier alpha value is -1.76. The maximum absolute atomic E-state index is 12.3. The molecule has 0 bridgehead atoms. The second-order valence-electron chi connectivity index (χ2n) is 4.32. The molecule has 1 atom stereocenters. The standard InChI is InChI=1S/C14H16F2N2/c1-14(11-17,10-13(15)16)18-9-5-8-12-6-3-2-4-7-12/h2-4,6-7,9,13H,5,8,10H2,1H3/b18-9+. The Kier molecular flexibility index (Phi) is 5.44. The van der Waals surface area contributed by atoms with E-state index in [2.05, 4.69) is 4.99 Å². The first kappa shape index (κ1) is 14.3. The fourth-order valence-electron chi connectivity index (χ4n) is 1.57. The van der Waals surface area contributed by atoms with Gasteiger partial charge in [-0.05, 0) is 25.3 Å². The van der Waals surface area contributed by atoms with Gasteiger partial charge in [0, 0.05) is 12.6 Å². The molecule has 2 nitrogen and oxygen atoms in total. The highest BCUT2D eigenvalue weighted by Gasteiger charge is 2.26. The van der Waals surface area contributed by atoms with Crippen molar-refractivity contribution in [2.75, 3.05) is 0 Å². The molecule has 0 saturated carbocycles. The zero-order valence-corrected chi connectivity index (χ0v) is 10.3. The number of hydrogen-bond donors (Lipinski definition) is 0. The Balaban J connectivity index is 2.46. The van der Waals surface area contributed by atoms with Crippen LogP contribution in [-0.4, -0.2) is 18.2 Å². The summed E-state index contributed by atoms with van der Waals surface area (Å²) >= 11 is 0. The fourth-order valence-corrected chi connectivity index (χ4v) is 1.57. The van der Waals surface area contributed by atoms with Crippen molar-refractivity contribution < 1.29 is 8.78 Å². The molecule has 1 rings (SSSR count). The van der Waals surface area contributed by atoms with Gasteiger partial charge in [-0.15, -0.1) is 0 Å². The number of aryl methyl sites for hydroxylation is 1. The molecular formula is C14H16F2N2. The molecule has 1 unspecified atom stereocenters. The lowest BCUT2D eigenvalue weighted by atomic mass is 10.0. The van der Waals surface area contributed by atoms with Crippen LogP contribution >= 0.6 is 0 Å². The largest absolute Gasteiger partial charge is 0.276 e. The van der Waals surface area contributed by atoms with Gasteiger partial charge in [-0.1, -0.05) is 30.3 Å². The predicted octanol–water partition coefficient (Wildman–Crippen LogP) is 3.63. The first-order chi connectivity index (χ1) is 8.56. The highest BCUT2D eigenvalue weighted by Crippen LogP contribution is 2.19. The smallest absolute Gasteiger partial charge is 0.242 e. The lowest BCUT2D eigenvalue weighted by molar-refractivity contribution is 0.121. The van der Waals surface area contributed by atoms with Crippen LogP contribution in [0.25, 0.3) is 0 Å². The highest BCUT2D eigenvalue weighted by molar-refractivity contribution is 5.59. The van der Waals surface area contributed by atoms with Crippen LogP contribution in [-0.2, 0) is 6.42 Å². The molecule has 0 amide bonds. The molecule has 1 aromatic carbocycles. The van der Waals surface area contributed by atoms with Crippen LogP contribution in [0.5, 0.6) is 0 Å². The molecule has 0 heterocycles. The molecule has 0 radical (unpaired) electrons. The molecule has 0 aliphatic carbocycles. The molecule has 1 aromatic rings. The number of benzene rings is 1. The zero-order valence-electron chi connectivity index (χ0n) is 10.3. The van der Waals surface area contributed by atoms with E-state index in [-0.39, 0.29) is 0 Å². The van der Waals surface area contributed by atoms with E-state index in [0.717, 1.165) is 12.0 Å². The molecule has 0 aliphatic heterocycles. The van der Waals surface area contributed by atoms with Gasteiger partial charge in [-0.25, -0.2) is 8.78 Å². The second-order valence-corrected chi connectivity index (χ2v) is 4.32. The van der Waals surface area contributed by atoms with Crippen LogP contribution in [0.15, 0.2) is 35.3 Å². The van der Waals surface area contributed by atoms with Gasteiger partial charge in [0.1, 0.15) is 5.54 Å². The summed E-state index contributed by atoms with van der Waals surface area (Å²) in [7, 11) is 0. The van der Waals surface area contributed by atoms with Gasteiger partial charge in [0.2, 0.25) is 6.43 Å². The maximum atomic E-state index is 12.3. The molecule has 0 aromatic heterocycles. The zero-order chi connectivity index (χ0) is 13.4. The third kappa shape index (κ3) is 5.05. The van der Waals surface area contributed by atoms with Gasteiger partial charge in [0.05, 0.1) is 6.07 Å². The van der Waals surface area contributed by atoms with Crippen molar-refractivity contribution in [3.8, 4) is 6.07 Å². The Bertz CT molecular complexity index is 423. The van der Waals surface area contributed by atoms with Crippen molar-refractivity contribution in [2.24, 2.45) is 4.99 Å². The van der Waals surface area contributed by atoms with E-state index < -0.39 is 18.4 Å². The molecule has 4 heteroatoms. The van der Waals surface area contributed by atoms with Gasteiger partial charge in [-0.2, -0.15) is 5.26 Å². The van der Waals surface area contributed by atoms with E-state index in [4.69, 9.17) is 5.26 Å². The van der Waals surface area contributed by atoms with E-state index in [1.807, 2.05) is 36.4 Å². The molecular weight excluding hydrogens is 234 g/mol. The first-order valence-electron chi connectivity index (χ1n) is 5.83.